The van der Waals surface area contributed by atoms with Gasteiger partial charge in [-0.05, 0) is 49.4 Å². The van der Waals surface area contributed by atoms with Crippen LogP contribution in [0.15, 0.2) is 59.6 Å². The Morgan fingerprint density at radius 2 is 1.86 bits per heavy atom. The Kier molecular flexibility index (Phi) is 5.63. The van der Waals surface area contributed by atoms with E-state index >= 15 is 0 Å². The van der Waals surface area contributed by atoms with Crippen molar-refractivity contribution in [3.63, 3.8) is 0 Å². The van der Waals surface area contributed by atoms with E-state index in [1.807, 2.05) is 31.2 Å². The maximum absolute atomic E-state index is 13.4. The smallest absolute Gasteiger partial charge is 0.243 e. The van der Waals surface area contributed by atoms with Gasteiger partial charge in [0.25, 0.3) is 0 Å². The van der Waals surface area contributed by atoms with Crippen molar-refractivity contribution in [2.45, 2.75) is 11.8 Å². The Morgan fingerprint density at radius 1 is 1.07 bits per heavy atom. The van der Waals surface area contributed by atoms with Crippen LogP contribution in [0.3, 0.4) is 0 Å². The Morgan fingerprint density at radius 3 is 2.59 bits per heavy atom. The maximum atomic E-state index is 13.4. The molecule has 152 valence electrons. The third kappa shape index (κ3) is 3.90. The summed E-state index contributed by atoms with van der Waals surface area (Å²) in [6.07, 6.45) is 1.64. The SMILES string of the molecule is CCOc1ccc(S(=O)(=O)N2CCN(c3cccc(Cl)c3)CC2)c2cccnc12. The number of fused-ring (bicyclic) bond motifs is 1. The molecule has 3 aromatic rings. The summed E-state index contributed by atoms with van der Waals surface area (Å²) < 4.78 is 33.9. The highest BCUT2D eigenvalue weighted by Gasteiger charge is 2.30. The fraction of sp³-hybridized carbons (Fsp3) is 0.286. The van der Waals surface area contributed by atoms with Crippen LogP contribution in [-0.4, -0.2) is 50.5 Å². The van der Waals surface area contributed by atoms with Gasteiger partial charge in [-0.25, -0.2) is 8.42 Å². The number of rotatable bonds is 5. The molecule has 0 saturated carbocycles. The molecule has 1 fully saturated rings. The van der Waals surface area contributed by atoms with E-state index in [1.54, 1.807) is 30.5 Å². The number of hydrogen-bond acceptors (Lipinski definition) is 5. The van der Waals surface area contributed by atoms with E-state index in [1.165, 1.54) is 4.31 Å². The average molecular weight is 432 g/mol. The van der Waals surface area contributed by atoms with E-state index in [4.69, 9.17) is 16.3 Å². The molecule has 0 amide bonds. The largest absolute Gasteiger partial charge is 0.492 e. The fourth-order valence-electron chi connectivity index (χ4n) is 3.62. The number of piperazine rings is 1. The van der Waals surface area contributed by atoms with Crippen LogP contribution < -0.4 is 9.64 Å². The van der Waals surface area contributed by atoms with Gasteiger partial charge in [0.2, 0.25) is 10.0 Å². The molecule has 0 atom stereocenters. The highest BCUT2D eigenvalue weighted by molar-refractivity contribution is 7.89. The van der Waals surface area contributed by atoms with Gasteiger partial charge in [0, 0.05) is 48.5 Å². The van der Waals surface area contributed by atoms with Crippen LogP contribution in [-0.2, 0) is 10.0 Å². The molecule has 6 nitrogen and oxygen atoms in total. The van der Waals surface area contributed by atoms with Crippen molar-refractivity contribution in [3.8, 4) is 5.75 Å². The monoisotopic (exact) mass is 431 g/mol. The molecular formula is C21H22ClN3O3S. The zero-order valence-electron chi connectivity index (χ0n) is 16.1. The van der Waals surface area contributed by atoms with Gasteiger partial charge in [0.15, 0.2) is 0 Å². The van der Waals surface area contributed by atoms with Gasteiger partial charge in [0.1, 0.15) is 11.3 Å². The van der Waals surface area contributed by atoms with Crippen molar-refractivity contribution in [1.82, 2.24) is 9.29 Å². The molecular weight excluding hydrogens is 410 g/mol. The number of anilines is 1. The molecule has 0 radical (unpaired) electrons. The lowest BCUT2D eigenvalue weighted by Gasteiger charge is -2.35. The normalized spacial score (nSPS) is 15.6. The third-order valence-electron chi connectivity index (χ3n) is 5.02. The van der Waals surface area contributed by atoms with Gasteiger partial charge in [-0.2, -0.15) is 4.31 Å². The van der Waals surface area contributed by atoms with E-state index in [0.29, 0.717) is 54.5 Å². The van der Waals surface area contributed by atoms with Gasteiger partial charge in [-0.1, -0.05) is 17.7 Å². The molecule has 4 rings (SSSR count). The molecule has 29 heavy (non-hydrogen) atoms. The summed E-state index contributed by atoms with van der Waals surface area (Å²) >= 11 is 6.09. The molecule has 0 aliphatic carbocycles. The summed E-state index contributed by atoms with van der Waals surface area (Å²) in [6, 6.07) is 14.4. The molecule has 0 unspecified atom stereocenters. The minimum Gasteiger partial charge on any atom is -0.492 e. The van der Waals surface area contributed by atoms with E-state index in [0.717, 1.165) is 5.69 Å². The fourth-order valence-corrected chi connectivity index (χ4v) is 5.41. The molecule has 1 aliphatic heterocycles. The van der Waals surface area contributed by atoms with Gasteiger partial charge in [-0.15, -0.1) is 0 Å². The summed E-state index contributed by atoms with van der Waals surface area (Å²) in [4.78, 5) is 6.76. The number of sulfonamides is 1. The first-order chi connectivity index (χ1) is 14.0. The summed E-state index contributed by atoms with van der Waals surface area (Å²) in [7, 11) is -3.65. The number of benzene rings is 2. The molecule has 2 heterocycles. The quantitative estimate of drug-likeness (QED) is 0.614. The summed E-state index contributed by atoms with van der Waals surface area (Å²) in [5.41, 5.74) is 1.57. The van der Waals surface area contributed by atoms with Crippen molar-refractivity contribution in [2.75, 3.05) is 37.7 Å². The lowest BCUT2D eigenvalue weighted by Crippen LogP contribution is -2.48. The first-order valence-corrected chi connectivity index (χ1v) is 11.3. The van der Waals surface area contributed by atoms with E-state index in [2.05, 4.69) is 9.88 Å². The van der Waals surface area contributed by atoms with Crippen molar-refractivity contribution in [3.05, 3.63) is 59.8 Å². The van der Waals surface area contributed by atoms with Crippen LogP contribution >= 0.6 is 11.6 Å². The van der Waals surface area contributed by atoms with Gasteiger partial charge in [0.05, 0.1) is 11.5 Å². The second-order valence-corrected chi connectivity index (χ2v) is 9.11. The average Bonchev–Trinajstić information content (AvgIpc) is 2.74. The predicted octanol–water partition coefficient (Wildman–Crippen LogP) is 3.80. The van der Waals surface area contributed by atoms with Gasteiger partial charge < -0.3 is 9.64 Å². The number of pyridine rings is 1. The highest BCUT2D eigenvalue weighted by Crippen LogP contribution is 2.32. The molecule has 0 spiro atoms. The first-order valence-electron chi connectivity index (χ1n) is 9.52. The molecule has 2 aromatic carbocycles. The maximum Gasteiger partial charge on any atom is 0.243 e. The van der Waals surface area contributed by atoms with Gasteiger partial charge >= 0.3 is 0 Å². The zero-order valence-corrected chi connectivity index (χ0v) is 17.7. The third-order valence-corrected chi connectivity index (χ3v) is 7.21. The lowest BCUT2D eigenvalue weighted by atomic mass is 10.2. The first kappa shape index (κ1) is 19.9. The van der Waals surface area contributed by atoms with Crippen molar-refractivity contribution in [2.24, 2.45) is 0 Å². The summed E-state index contributed by atoms with van der Waals surface area (Å²) in [5, 5.41) is 1.25. The Balaban J connectivity index is 1.61. The van der Waals surface area contributed by atoms with Crippen LogP contribution in [0.25, 0.3) is 10.9 Å². The highest BCUT2D eigenvalue weighted by atomic mass is 35.5. The Hall–Kier alpha value is -2.35. The molecule has 0 N–H and O–H groups in total. The van der Waals surface area contributed by atoms with Crippen molar-refractivity contribution in [1.29, 1.82) is 0 Å². The second-order valence-electron chi connectivity index (χ2n) is 6.77. The van der Waals surface area contributed by atoms with Crippen molar-refractivity contribution >= 4 is 38.2 Å². The number of ether oxygens (including phenoxy) is 1. The van der Waals surface area contributed by atoms with E-state index < -0.39 is 10.0 Å². The minimum absolute atomic E-state index is 0.264. The lowest BCUT2D eigenvalue weighted by molar-refractivity contribution is 0.343. The molecule has 0 bridgehead atoms. The molecule has 1 aromatic heterocycles. The summed E-state index contributed by atoms with van der Waals surface area (Å²) in [6.45, 7) is 4.40. The van der Waals surface area contributed by atoms with Crippen LogP contribution in [0.5, 0.6) is 5.75 Å². The van der Waals surface area contributed by atoms with Crippen LogP contribution in [0.1, 0.15) is 6.92 Å². The Labute approximate surface area is 175 Å². The van der Waals surface area contributed by atoms with Crippen LogP contribution in [0, 0.1) is 0 Å². The standard InChI is InChI=1S/C21H22ClN3O3S/c1-2-28-19-8-9-20(18-7-4-10-23-21(18)19)29(26,27)25-13-11-24(12-14-25)17-6-3-5-16(22)15-17/h3-10,15H,2,11-14H2,1H3. The Bertz CT molecular complexity index is 1130. The second kappa shape index (κ2) is 8.18. The number of halogens is 1. The van der Waals surface area contributed by atoms with Crippen LogP contribution in [0.2, 0.25) is 5.02 Å². The van der Waals surface area contributed by atoms with Crippen LogP contribution in [0.4, 0.5) is 5.69 Å². The number of hydrogen-bond donors (Lipinski definition) is 0. The summed E-state index contributed by atoms with van der Waals surface area (Å²) in [5.74, 6) is 0.591. The number of aromatic nitrogens is 1. The van der Waals surface area contributed by atoms with E-state index in [9.17, 15) is 8.42 Å². The molecule has 1 saturated heterocycles. The minimum atomic E-state index is -3.65. The topological polar surface area (TPSA) is 62.7 Å². The van der Waals surface area contributed by atoms with Gasteiger partial charge in [-0.3, -0.25) is 4.98 Å². The van der Waals surface area contributed by atoms with E-state index in [-0.39, 0.29) is 4.90 Å². The number of nitrogens with zero attached hydrogens (tertiary/aromatic N) is 3. The van der Waals surface area contributed by atoms with Crippen molar-refractivity contribution < 1.29 is 13.2 Å². The molecule has 1 aliphatic rings. The predicted molar refractivity (Wildman–Crippen MR) is 115 cm³/mol. The zero-order chi connectivity index (χ0) is 20.4. The molecule has 8 heteroatoms.